The molecule has 0 aliphatic heterocycles. The van der Waals surface area contributed by atoms with Gasteiger partial charge in [-0.25, -0.2) is 8.42 Å². The first-order chi connectivity index (χ1) is 9.50. The van der Waals surface area contributed by atoms with Crippen molar-refractivity contribution in [2.24, 2.45) is 0 Å². The number of hydrogen-bond acceptors (Lipinski definition) is 4. The van der Waals surface area contributed by atoms with Gasteiger partial charge in [0.15, 0.2) is 0 Å². The van der Waals surface area contributed by atoms with Crippen molar-refractivity contribution in [2.75, 3.05) is 17.2 Å². The Morgan fingerprint density at radius 3 is 2.80 bits per heavy atom. The maximum atomic E-state index is 11.4. The van der Waals surface area contributed by atoms with E-state index in [1.807, 2.05) is 30.5 Å². The Bertz CT molecular complexity index is 677. The predicted molar refractivity (Wildman–Crippen MR) is 81.0 cm³/mol. The highest BCUT2D eigenvalue weighted by Crippen LogP contribution is 2.20. The maximum absolute atomic E-state index is 11.4. The second kappa shape index (κ2) is 6.09. The van der Waals surface area contributed by atoms with Crippen LogP contribution in [0.3, 0.4) is 0 Å². The highest BCUT2D eigenvalue weighted by Gasteiger charge is 2.07. The first-order valence-electron chi connectivity index (χ1n) is 6.59. The minimum Gasteiger partial charge on any atom is -0.399 e. The van der Waals surface area contributed by atoms with E-state index in [0.29, 0.717) is 18.7 Å². The van der Waals surface area contributed by atoms with Gasteiger partial charge in [-0.2, -0.15) is 5.10 Å². The fourth-order valence-electron chi connectivity index (χ4n) is 1.94. The molecular weight excluding hydrogens is 274 g/mol. The second-order valence-corrected chi connectivity index (χ2v) is 7.18. The van der Waals surface area contributed by atoms with Gasteiger partial charge >= 0.3 is 0 Å². The van der Waals surface area contributed by atoms with E-state index in [1.54, 1.807) is 17.8 Å². The Morgan fingerprint density at radius 1 is 1.30 bits per heavy atom. The Hall–Kier alpha value is -1.82. The fourth-order valence-corrected chi connectivity index (χ4v) is 2.80. The number of aromatic nitrogens is 2. The van der Waals surface area contributed by atoms with Crippen molar-refractivity contribution in [2.45, 2.75) is 19.9 Å². The molecule has 2 rings (SSSR count). The van der Waals surface area contributed by atoms with Crippen LogP contribution in [0.2, 0.25) is 0 Å². The van der Waals surface area contributed by atoms with Gasteiger partial charge in [0.2, 0.25) is 0 Å². The van der Waals surface area contributed by atoms with E-state index in [-0.39, 0.29) is 11.5 Å². The number of anilines is 1. The molecule has 20 heavy (non-hydrogen) atoms. The van der Waals surface area contributed by atoms with Crippen molar-refractivity contribution < 1.29 is 8.42 Å². The van der Waals surface area contributed by atoms with E-state index in [2.05, 4.69) is 5.10 Å². The van der Waals surface area contributed by atoms with Crippen LogP contribution < -0.4 is 5.73 Å². The van der Waals surface area contributed by atoms with Crippen LogP contribution in [-0.2, 0) is 16.4 Å². The maximum Gasteiger partial charge on any atom is 0.150 e. The van der Waals surface area contributed by atoms with Gasteiger partial charge in [0.05, 0.1) is 11.9 Å². The van der Waals surface area contributed by atoms with Crippen LogP contribution in [0.4, 0.5) is 5.69 Å². The minimum absolute atomic E-state index is 0.195. The van der Waals surface area contributed by atoms with Gasteiger partial charge in [0.25, 0.3) is 0 Å². The molecular formula is C14H19N3O2S. The highest BCUT2D eigenvalue weighted by molar-refractivity contribution is 7.91. The van der Waals surface area contributed by atoms with Crippen molar-refractivity contribution in [3.8, 4) is 11.1 Å². The smallest absolute Gasteiger partial charge is 0.150 e. The van der Waals surface area contributed by atoms with Crippen LogP contribution in [0.1, 0.15) is 13.3 Å². The van der Waals surface area contributed by atoms with Gasteiger partial charge in [0, 0.05) is 29.7 Å². The lowest BCUT2D eigenvalue weighted by molar-refractivity contribution is 0.573. The quantitative estimate of drug-likeness (QED) is 0.826. The summed E-state index contributed by atoms with van der Waals surface area (Å²) >= 11 is 0. The molecule has 0 aliphatic carbocycles. The molecule has 6 heteroatoms. The third-order valence-corrected chi connectivity index (χ3v) is 4.93. The Morgan fingerprint density at radius 2 is 2.10 bits per heavy atom. The van der Waals surface area contributed by atoms with Crippen LogP contribution in [0.25, 0.3) is 11.1 Å². The molecule has 108 valence electrons. The average Bonchev–Trinajstić information content (AvgIpc) is 2.87. The number of benzene rings is 1. The van der Waals surface area contributed by atoms with E-state index in [1.165, 1.54) is 0 Å². The van der Waals surface area contributed by atoms with E-state index in [4.69, 9.17) is 5.73 Å². The van der Waals surface area contributed by atoms with Gasteiger partial charge in [-0.1, -0.05) is 19.1 Å². The molecule has 0 radical (unpaired) electrons. The molecule has 0 bridgehead atoms. The molecule has 0 spiro atoms. The molecule has 1 heterocycles. The van der Waals surface area contributed by atoms with Crippen molar-refractivity contribution in [3.05, 3.63) is 36.7 Å². The first-order valence-corrected chi connectivity index (χ1v) is 8.41. The number of nitrogens with zero attached hydrogens (tertiary/aromatic N) is 2. The van der Waals surface area contributed by atoms with Gasteiger partial charge < -0.3 is 5.73 Å². The monoisotopic (exact) mass is 293 g/mol. The molecule has 1 aromatic heterocycles. The molecule has 0 atom stereocenters. The van der Waals surface area contributed by atoms with Crippen LogP contribution in [-0.4, -0.2) is 29.7 Å². The highest BCUT2D eigenvalue weighted by atomic mass is 32.2. The van der Waals surface area contributed by atoms with Gasteiger partial charge in [0.1, 0.15) is 9.84 Å². The number of nitrogen functional groups attached to an aromatic ring is 1. The summed E-state index contributed by atoms with van der Waals surface area (Å²) in [4.78, 5) is 0. The van der Waals surface area contributed by atoms with E-state index in [0.717, 1.165) is 11.1 Å². The molecule has 0 unspecified atom stereocenters. The second-order valence-electron chi connectivity index (χ2n) is 4.71. The Balaban J connectivity index is 1.99. The number of sulfone groups is 1. The lowest BCUT2D eigenvalue weighted by atomic mass is 10.1. The number of hydrogen-bond donors (Lipinski definition) is 1. The summed E-state index contributed by atoms with van der Waals surface area (Å²) in [6.07, 6.45) is 4.25. The molecule has 2 aromatic rings. The zero-order chi connectivity index (χ0) is 14.6. The van der Waals surface area contributed by atoms with Crippen LogP contribution >= 0.6 is 0 Å². The van der Waals surface area contributed by atoms with E-state index >= 15 is 0 Å². The van der Waals surface area contributed by atoms with Crippen molar-refractivity contribution in [1.82, 2.24) is 9.78 Å². The molecule has 0 saturated heterocycles. The Kier molecular flexibility index (Phi) is 4.44. The molecule has 0 fully saturated rings. The predicted octanol–water partition coefficient (Wildman–Crippen LogP) is 1.96. The zero-order valence-electron chi connectivity index (χ0n) is 11.5. The minimum atomic E-state index is -2.90. The van der Waals surface area contributed by atoms with Crippen LogP contribution in [0, 0.1) is 0 Å². The van der Waals surface area contributed by atoms with Crippen LogP contribution in [0.5, 0.6) is 0 Å². The van der Waals surface area contributed by atoms with Gasteiger partial charge in [-0.15, -0.1) is 0 Å². The first kappa shape index (κ1) is 14.6. The summed E-state index contributed by atoms with van der Waals surface area (Å²) in [5, 5.41) is 4.25. The molecule has 2 N–H and O–H groups in total. The third-order valence-electron chi connectivity index (χ3n) is 3.14. The summed E-state index contributed by atoms with van der Waals surface area (Å²) < 4.78 is 24.6. The van der Waals surface area contributed by atoms with E-state index in [9.17, 15) is 8.42 Å². The van der Waals surface area contributed by atoms with Crippen molar-refractivity contribution >= 4 is 15.5 Å². The third kappa shape index (κ3) is 3.84. The lowest BCUT2D eigenvalue weighted by Gasteiger charge is -2.02. The normalized spacial score (nSPS) is 11.7. The van der Waals surface area contributed by atoms with Crippen molar-refractivity contribution in [3.63, 3.8) is 0 Å². The summed E-state index contributed by atoms with van der Waals surface area (Å²) in [6.45, 7) is 2.27. The average molecular weight is 293 g/mol. The SMILES string of the molecule is CCS(=O)(=O)CCCn1cc(-c2cccc(N)c2)cn1. The zero-order valence-corrected chi connectivity index (χ0v) is 12.3. The largest absolute Gasteiger partial charge is 0.399 e. The summed E-state index contributed by atoms with van der Waals surface area (Å²) in [6, 6.07) is 7.60. The fraction of sp³-hybridized carbons (Fsp3) is 0.357. The summed E-state index contributed by atoms with van der Waals surface area (Å²) in [5.74, 6) is 0.400. The standard InChI is InChI=1S/C14H19N3O2S/c1-2-20(18,19)8-4-7-17-11-13(10-16-17)12-5-3-6-14(15)9-12/h3,5-6,9-11H,2,4,7-8,15H2,1H3. The molecule has 0 amide bonds. The van der Waals surface area contributed by atoms with E-state index < -0.39 is 9.84 Å². The molecule has 5 nitrogen and oxygen atoms in total. The molecule has 0 saturated carbocycles. The van der Waals surface area contributed by atoms with Crippen LogP contribution in [0.15, 0.2) is 36.7 Å². The van der Waals surface area contributed by atoms with Crippen molar-refractivity contribution in [1.29, 1.82) is 0 Å². The number of nitrogens with two attached hydrogens (primary N) is 1. The van der Waals surface area contributed by atoms with Gasteiger partial charge in [-0.3, -0.25) is 4.68 Å². The lowest BCUT2D eigenvalue weighted by Crippen LogP contribution is -2.11. The topological polar surface area (TPSA) is 78.0 Å². The number of aryl methyl sites for hydroxylation is 1. The molecule has 0 aliphatic rings. The molecule has 1 aromatic carbocycles. The number of rotatable bonds is 6. The van der Waals surface area contributed by atoms with Gasteiger partial charge in [-0.05, 0) is 24.1 Å². The Labute approximate surface area is 119 Å². The summed E-state index contributed by atoms with van der Waals surface area (Å²) in [5.41, 5.74) is 8.46. The summed E-state index contributed by atoms with van der Waals surface area (Å²) in [7, 11) is -2.90.